The number of methoxy groups -OCH3 is 1. The Bertz CT molecular complexity index is 1280. The second-order valence-corrected chi connectivity index (χ2v) is 10.5. The lowest BCUT2D eigenvalue weighted by Crippen LogP contribution is -2.27. The molecule has 2 amide bonds. The Morgan fingerprint density at radius 1 is 1.06 bits per heavy atom. The van der Waals surface area contributed by atoms with E-state index in [0.29, 0.717) is 43.6 Å². The minimum Gasteiger partial charge on any atom is -0.493 e. The summed E-state index contributed by atoms with van der Waals surface area (Å²) < 4.78 is 13.2. The van der Waals surface area contributed by atoms with Gasteiger partial charge in [-0.3, -0.25) is 14.5 Å². The molecule has 0 bridgehead atoms. The average Bonchev–Trinajstić information content (AvgIpc) is 3.07. The number of amides is 2. The molecule has 174 valence electrons. The molecule has 34 heavy (non-hydrogen) atoms. The first-order valence-corrected chi connectivity index (χ1v) is 12.9. The Morgan fingerprint density at radius 3 is 2.50 bits per heavy atom. The van der Waals surface area contributed by atoms with Crippen molar-refractivity contribution >= 4 is 72.4 Å². The lowest BCUT2D eigenvalue weighted by Gasteiger charge is -2.14. The number of carbonyl (C=O) groups is 2. The van der Waals surface area contributed by atoms with Crippen molar-refractivity contribution in [2.45, 2.75) is 13.2 Å². The molecular formula is C25H18Br2ClNO4S. The molecule has 0 unspecified atom stereocenters. The number of hydrogen-bond acceptors (Lipinski definition) is 5. The zero-order valence-electron chi connectivity index (χ0n) is 17.9. The molecule has 0 saturated carbocycles. The number of thioether (sulfide) groups is 1. The lowest BCUT2D eigenvalue weighted by atomic mass is 10.1. The van der Waals surface area contributed by atoms with Gasteiger partial charge in [0.05, 0.1) is 23.0 Å². The monoisotopic (exact) mass is 621 g/mol. The van der Waals surface area contributed by atoms with Crippen LogP contribution >= 0.6 is 55.2 Å². The molecule has 0 N–H and O–H groups in total. The molecule has 0 radical (unpaired) electrons. The highest BCUT2D eigenvalue weighted by molar-refractivity contribution is 9.10. The Labute approximate surface area is 223 Å². The van der Waals surface area contributed by atoms with Gasteiger partial charge in [-0.2, -0.15) is 0 Å². The van der Waals surface area contributed by atoms with E-state index in [1.807, 2.05) is 36.4 Å². The number of carbonyl (C=O) groups excluding carboxylic acids is 2. The summed E-state index contributed by atoms with van der Waals surface area (Å²) in [7, 11) is 1.55. The quantitative estimate of drug-likeness (QED) is 0.253. The van der Waals surface area contributed by atoms with Crippen LogP contribution in [0, 0.1) is 0 Å². The Kier molecular flexibility index (Phi) is 8.03. The van der Waals surface area contributed by atoms with E-state index in [-0.39, 0.29) is 17.7 Å². The highest BCUT2D eigenvalue weighted by Crippen LogP contribution is 2.40. The van der Waals surface area contributed by atoms with E-state index in [0.717, 1.165) is 21.8 Å². The van der Waals surface area contributed by atoms with Gasteiger partial charge in [0.15, 0.2) is 11.5 Å². The van der Waals surface area contributed by atoms with Gasteiger partial charge in [0.2, 0.25) is 0 Å². The predicted octanol–water partition coefficient (Wildman–Crippen LogP) is 7.69. The third-order valence-corrected chi connectivity index (χ3v) is 7.40. The smallest absolute Gasteiger partial charge is 0.293 e. The number of imide groups is 1. The second-order valence-electron chi connectivity index (χ2n) is 7.31. The molecule has 1 saturated heterocycles. The fraction of sp³-hybridized carbons (Fsp3) is 0.120. The lowest BCUT2D eigenvalue weighted by molar-refractivity contribution is -0.123. The summed E-state index contributed by atoms with van der Waals surface area (Å²) >= 11 is 14.1. The molecule has 0 atom stereocenters. The molecule has 1 aliphatic rings. The van der Waals surface area contributed by atoms with Crippen molar-refractivity contribution in [3.8, 4) is 11.5 Å². The van der Waals surface area contributed by atoms with E-state index in [1.54, 1.807) is 37.5 Å². The fourth-order valence-electron chi connectivity index (χ4n) is 3.28. The molecule has 3 aromatic rings. The van der Waals surface area contributed by atoms with Crippen molar-refractivity contribution < 1.29 is 19.1 Å². The molecule has 1 aliphatic heterocycles. The molecule has 5 nitrogen and oxygen atoms in total. The van der Waals surface area contributed by atoms with E-state index >= 15 is 0 Å². The maximum absolute atomic E-state index is 12.9. The van der Waals surface area contributed by atoms with Crippen LogP contribution in [0.3, 0.4) is 0 Å². The summed E-state index contributed by atoms with van der Waals surface area (Å²) in [5, 5.41) is 0.176. The first-order chi connectivity index (χ1) is 16.4. The number of rotatable bonds is 7. The van der Waals surface area contributed by atoms with Crippen LogP contribution in [0.2, 0.25) is 5.02 Å². The molecule has 0 spiro atoms. The van der Waals surface area contributed by atoms with Crippen molar-refractivity contribution in [3.05, 3.63) is 96.2 Å². The summed E-state index contributed by atoms with van der Waals surface area (Å²) in [6.45, 7) is 0.486. The van der Waals surface area contributed by atoms with Crippen LogP contribution < -0.4 is 9.47 Å². The van der Waals surface area contributed by atoms with Gasteiger partial charge in [0.25, 0.3) is 11.1 Å². The van der Waals surface area contributed by atoms with Gasteiger partial charge in [0, 0.05) is 9.50 Å². The van der Waals surface area contributed by atoms with Gasteiger partial charge in [-0.1, -0.05) is 57.9 Å². The van der Waals surface area contributed by atoms with Gasteiger partial charge < -0.3 is 9.47 Å². The maximum Gasteiger partial charge on any atom is 0.293 e. The summed E-state index contributed by atoms with van der Waals surface area (Å²) in [6, 6.07) is 18.6. The molecule has 0 aromatic heterocycles. The molecule has 0 aliphatic carbocycles. The van der Waals surface area contributed by atoms with Crippen molar-refractivity contribution in [2.24, 2.45) is 0 Å². The number of halogens is 3. The number of ether oxygens (including phenoxy) is 2. The van der Waals surface area contributed by atoms with Gasteiger partial charge >= 0.3 is 0 Å². The summed E-state index contributed by atoms with van der Waals surface area (Å²) in [5.74, 6) is 0.697. The van der Waals surface area contributed by atoms with E-state index in [2.05, 4.69) is 31.9 Å². The van der Waals surface area contributed by atoms with E-state index in [1.165, 1.54) is 4.90 Å². The molecule has 1 fully saturated rings. The Morgan fingerprint density at radius 2 is 1.79 bits per heavy atom. The topological polar surface area (TPSA) is 55.8 Å². The Balaban J connectivity index is 1.53. The van der Waals surface area contributed by atoms with Crippen molar-refractivity contribution in [1.29, 1.82) is 0 Å². The van der Waals surface area contributed by atoms with Crippen LogP contribution in [-0.4, -0.2) is 23.2 Å². The van der Waals surface area contributed by atoms with Gasteiger partial charge in [-0.15, -0.1) is 0 Å². The van der Waals surface area contributed by atoms with Crippen LogP contribution in [0.15, 0.2) is 74.5 Å². The van der Waals surface area contributed by atoms with E-state index < -0.39 is 0 Å². The minimum atomic E-state index is -0.361. The average molecular weight is 624 g/mol. The third-order valence-electron chi connectivity index (χ3n) is 5.01. The van der Waals surface area contributed by atoms with Gasteiger partial charge in [-0.05, 0) is 80.8 Å². The number of hydrogen-bond donors (Lipinski definition) is 0. The molecule has 1 heterocycles. The second kappa shape index (κ2) is 11.0. The van der Waals surface area contributed by atoms with Crippen LogP contribution in [0.5, 0.6) is 11.5 Å². The minimum absolute atomic E-state index is 0.123. The standard InChI is InChI=1S/C25H18Br2ClNO4S/c1-32-21-11-16(10-19(27)23(21)33-14-15-6-8-18(26)9-7-15)12-22-24(30)29(25(31)34-22)13-17-4-2-3-5-20(17)28/h2-12H,13-14H2,1H3/b22-12-. The van der Waals surface area contributed by atoms with Crippen LogP contribution in [-0.2, 0) is 17.9 Å². The van der Waals surface area contributed by atoms with Gasteiger partial charge in [-0.25, -0.2) is 0 Å². The normalized spacial score (nSPS) is 14.7. The van der Waals surface area contributed by atoms with Crippen molar-refractivity contribution in [2.75, 3.05) is 7.11 Å². The largest absolute Gasteiger partial charge is 0.493 e. The first kappa shape index (κ1) is 24.9. The van der Waals surface area contributed by atoms with Gasteiger partial charge in [0.1, 0.15) is 6.61 Å². The molecule has 4 rings (SSSR count). The third kappa shape index (κ3) is 5.68. The van der Waals surface area contributed by atoms with Crippen molar-refractivity contribution in [3.63, 3.8) is 0 Å². The highest BCUT2D eigenvalue weighted by Gasteiger charge is 2.35. The highest BCUT2D eigenvalue weighted by atomic mass is 79.9. The van der Waals surface area contributed by atoms with Crippen LogP contribution in [0.1, 0.15) is 16.7 Å². The fourth-order valence-corrected chi connectivity index (χ4v) is 5.16. The molecule has 9 heteroatoms. The summed E-state index contributed by atoms with van der Waals surface area (Å²) in [5.41, 5.74) is 2.42. The van der Waals surface area contributed by atoms with Crippen molar-refractivity contribution in [1.82, 2.24) is 4.90 Å². The number of benzene rings is 3. The SMILES string of the molecule is COc1cc(/C=C2\SC(=O)N(Cc3ccccc3Cl)C2=O)cc(Br)c1OCc1ccc(Br)cc1. The number of nitrogens with zero attached hydrogens (tertiary/aromatic N) is 1. The van der Waals surface area contributed by atoms with Crippen LogP contribution in [0.4, 0.5) is 4.79 Å². The predicted molar refractivity (Wildman–Crippen MR) is 142 cm³/mol. The zero-order valence-corrected chi connectivity index (χ0v) is 22.6. The van der Waals surface area contributed by atoms with Crippen LogP contribution in [0.25, 0.3) is 6.08 Å². The Hall–Kier alpha value is -2.26. The zero-order chi connectivity index (χ0) is 24.2. The van der Waals surface area contributed by atoms with E-state index in [4.69, 9.17) is 21.1 Å². The summed E-state index contributed by atoms with van der Waals surface area (Å²) in [4.78, 5) is 27.0. The maximum atomic E-state index is 12.9. The molecular weight excluding hydrogens is 606 g/mol. The summed E-state index contributed by atoms with van der Waals surface area (Å²) in [6.07, 6.45) is 1.67. The van der Waals surface area contributed by atoms with E-state index in [9.17, 15) is 9.59 Å². The first-order valence-electron chi connectivity index (χ1n) is 10.1. The molecule has 3 aromatic carbocycles.